The number of amides is 1. The van der Waals surface area contributed by atoms with Crippen molar-refractivity contribution in [2.75, 3.05) is 13.1 Å². The zero-order valence-electron chi connectivity index (χ0n) is 13.5. The minimum atomic E-state index is 0.0579. The molecule has 3 aliphatic heterocycles. The topological polar surface area (TPSA) is 50.2 Å². The predicted octanol–water partition coefficient (Wildman–Crippen LogP) is 1.93. The summed E-state index contributed by atoms with van der Waals surface area (Å²) in [7, 11) is 1.97. The highest BCUT2D eigenvalue weighted by molar-refractivity contribution is 5.97. The molecule has 3 saturated heterocycles. The van der Waals surface area contributed by atoms with E-state index in [9.17, 15) is 4.79 Å². The number of carbonyl (C=O) groups excluding carboxylic acids is 1. The fraction of sp³-hybridized carbons (Fsp3) is 0.556. The van der Waals surface area contributed by atoms with Crippen molar-refractivity contribution in [2.24, 2.45) is 13.0 Å². The molecule has 5 nitrogen and oxygen atoms in total. The largest absolute Gasteiger partial charge is 0.347 e. The molecule has 4 heterocycles. The van der Waals surface area contributed by atoms with Crippen molar-refractivity contribution >= 4 is 16.9 Å². The Kier molecular flexibility index (Phi) is 2.69. The molecular formula is C18H22N4O. The first kappa shape index (κ1) is 13.5. The van der Waals surface area contributed by atoms with Crippen LogP contribution in [-0.4, -0.2) is 45.0 Å². The second kappa shape index (κ2) is 4.57. The summed E-state index contributed by atoms with van der Waals surface area (Å²) in [5.41, 5.74) is 2.95. The van der Waals surface area contributed by atoms with Gasteiger partial charge in [-0.1, -0.05) is 0 Å². The van der Waals surface area contributed by atoms with Crippen LogP contribution in [0, 0.1) is 5.92 Å². The Balaban J connectivity index is 1.42. The van der Waals surface area contributed by atoms with Crippen molar-refractivity contribution in [2.45, 2.75) is 37.3 Å². The van der Waals surface area contributed by atoms with Gasteiger partial charge in [-0.25, -0.2) is 4.98 Å². The van der Waals surface area contributed by atoms with E-state index in [2.05, 4.69) is 15.2 Å². The molecular weight excluding hydrogens is 288 g/mol. The monoisotopic (exact) mass is 310 g/mol. The summed E-state index contributed by atoms with van der Waals surface area (Å²) in [6, 6.07) is 6.14. The highest BCUT2D eigenvalue weighted by atomic mass is 16.1. The van der Waals surface area contributed by atoms with Crippen molar-refractivity contribution in [3.63, 3.8) is 0 Å². The Morgan fingerprint density at radius 2 is 2.09 bits per heavy atom. The lowest BCUT2D eigenvalue weighted by Crippen LogP contribution is -2.65. The Morgan fingerprint density at radius 1 is 1.30 bits per heavy atom. The van der Waals surface area contributed by atoms with Gasteiger partial charge in [0.25, 0.3) is 5.91 Å². The van der Waals surface area contributed by atoms with Crippen LogP contribution in [0.3, 0.4) is 0 Å². The zero-order valence-corrected chi connectivity index (χ0v) is 13.5. The molecule has 1 saturated carbocycles. The minimum absolute atomic E-state index is 0.0579. The van der Waals surface area contributed by atoms with Crippen LogP contribution in [0.25, 0.3) is 11.0 Å². The Hall–Kier alpha value is -1.88. The van der Waals surface area contributed by atoms with Gasteiger partial charge in [0.1, 0.15) is 0 Å². The maximum Gasteiger partial charge on any atom is 0.251 e. The van der Waals surface area contributed by atoms with E-state index in [0.717, 1.165) is 16.6 Å². The molecule has 1 aromatic heterocycles. The number of nitrogens with one attached hydrogen (secondary N) is 1. The third kappa shape index (κ3) is 1.89. The van der Waals surface area contributed by atoms with Gasteiger partial charge in [0, 0.05) is 18.2 Å². The summed E-state index contributed by atoms with van der Waals surface area (Å²) >= 11 is 0. The molecule has 0 unspecified atom stereocenters. The van der Waals surface area contributed by atoms with Crippen molar-refractivity contribution in [1.29, 1.82) is 0 Å². The highest BCUT2D eigenvalue weighted by Crippen LogP contribution is 2.53. The van der Waals surface area contributed by atoms with E-state index in [1.165, 1.54) is 38.8 Å². The van der Waals surface area contributed by atoms with Crippen LogP contribution in [-0.2, 0) is 7.05 Å². The molecule has 2 bridgehead atoms. The minimum Gasteiger partial charge on any atom is -0.347 e. The first-order valence-corrected chi connectivity index (χ1v) is 8.64. The fourth-order valence-corrected chi connectivity index (χ4v) is 4.82. The predicted molar refractivity (Wildman–Crippen MR) is 88.2 cm³/mol. The van der Waals surface area contributed by atoms with Gasteiger partial charge in [-0.05, 0) is 62.9 Å². The highest BCUT2D eigenvalue weighted by Gasteiger charge is 2.60. The number of nitrogens with zero attached hydrogens (tertiary/aromatic N) is 3. The van der Waals surface area contributed by atoms with Gasteiger partial charge in [-0.15, -0.1) is 0 Å². The Labute approximate surface area is 135 Å². The molecule has 5 heteroatoms. The van der Waals surface area contributed by atoms with E-state index in [0.29, 0.717) is 12.0 Å². The van der Waals surface area contributed by atoms with Crippen molar-refractivity contribution in [3.8, 4) is 0 Å². The van der Waals surface area contributed by atoms with Crippen LogP contribution in [0.15, 0.2) is 24.5 Å². The van der Waals surface area contributed by atoms with E-state index in [1.54, 1.807) is 6.33 Å². The van der Waals surface area contributed by atoms with Crippen LogP contribution < -0.4 is 5.32 Å². The number of benzene rings is 1. The van der Waals surface area contributed by atoms with Gasteiger partial charge < -0.3 is 9.88 Å². The molecule has 120 valence electrons. The van der Waals surface area contributed by atoms with Gasteiger partial charge in [0.2, 0.25) is 0 Å². The van der Waals surface area contributed by atoms with E-state index in [4.69, 9.17) is 0 Å². The van der Waals surface area contributed by atoms with Crippen molar-refractivity contribution < 1.29 is 4.79 Å². The number of carbonyl (C=O) groups is 1. The van der Waals surface area contributed by atoms with Gasteiger partial charge in [0.05, 0.1) is 23.4 Å². The lowest BCUT2D eigenvalue weighted by Gasteiger charge is -2.52. The number of fused-ring (bicyclic) bond motifs is 3. The van der Waals surface area contributed by atoms with Crippen LogP contribution in [0.4, 0.5) is 0 Å². The van der Waals surface area contributed by atoms with Gasteiger partial charge in [0.15, 0.2) is 0 Å². The van der Waals surface area contributed by atoms with Crippen LogP contribution >= 0.6 is 0 Å². The molecule has 1 amide bonds. The second-order valence-corrected chi connectivity index (χ2v) is 7.44. The third-order valence-electron chi connectivity index (χ3n) is 6.26. The first-order chi connectivity index (χ1) is 11.2. The summed E-state index contributed by atoms with van der Waals surface area (Å²) in [5, 5.41) is 3.38. The number of rotatable bonds is 2. The van der Waals surface area contributed by atoms with Gasteiger partial charge in [-0.3, -0.25) is 9.69 Å². The average molecular weight is 310 g/mol. The smallest absolute Gasteiger partial charge is 0.251 e. The third-order valence-corrected chi connectivity index (χ3v) is 6.26. The molecule has 2 aromatic rings. The summed E-state index contributed by atoms with van der Waals surface area (Å²) in [6.07, 6.45) is 6.73. The van der Waals surface area contributed by atoms with Crippen LogP contribution in [0.5, 0.6) is 0 Å². The maximum atomic E-state index is 12.8. The van der Waals surface area contributed by atoms with Gasteiger partial charge >= 0.3 is 0 Å². The molecule has 1 N–H and O–H groups in total. The average Bonchev–Trinajstić information content (AvgIpc) is 3.28. The normalized spacial score (nSPS) is 30.7. The molecule has 4 aliphatic rings. The zero-order chi connectivity index (χ0) is 15.6. The Bertz CT molecular complexity index is 783. The molecule has 4 fully saturated rings. The number of piperidine rings is 3. The molecule has 23 heavy (non-hydrogen) atoms. The summed E-state index contributed by atoms with van der Waals surface area (Å²) in [5.74, 6) is 0.715. The molecule has 1 atom stereocenters. The van der Waals surface area contributed by atoms with Crippen molar-refractivity contribution in [3.05, 3.63) is 30.1 Å². The van der Waals surface area contributed by atoms with Crippen molar-refractivity contribution in [1.82, 2.24) is 19.8 Å². The van der Waals surface area contributed by atoms with E-state index >= 15 is 0 Å². The number of aromatic nitrogens is 2. The fourth-order valence-electron chi connectivity index (χ4n) is 4.82. The summed E-state index contributed by atoms with van der Waals surface area (Å²) < 4.78 is 1.98. The lowest BCUT2D eigenvalue weighted by molar-refractivity contribution is -0.00144. The van der Waals surface area contributed by atoms with Crippen LogP contribution in [0.2, 0.25) is 0 Å². The molecule has 1 aliphatic carbocycles. The van der Waals surface area contributed by atoms with E-state index < -0.39 is 0 Å². The molecule has 1 aromatic carbocycles. The number of hydrogen-bond acceptors (Lipinski definition) is 3. The number of imidazole rings is 1. The van der Waals surface area contributed by atoms with E-state index in [-0.39, 0.29) is 11.4 Å². The number of aryl methyl sites for hydroxylation is 1. The van der Waals surface area contributed by atoms with E-state index in [1.807, 2.05) is 29.8 Å². The number of hydrogen-bond donors (Lipinski definition) is 1. The first-order valence-electron chi connectivity index (χ1n) is 8.64. The summed E-state index contributed by atoms with van der Waals surface area (Å²) in [6.45, 7) is 2.44. The molecule has 0 radical (unpaired) electrons. The SMILES string of the molecule is Cn1cnc2cc(C(=O)N[C@H]3C4CCN(CC4)C34CC4)ccc21. The second-order valence-electron chi connectivity index (χ2n) is 7.44. The van der Waals surface area contributed by atoms with Crippen LogP contribution in [0.1, 0.15) is 36.0 Å². The quantitative estimate of drug-likeness (QED) is 0.922. The maximum absolute atomic E-state index is 12.8. The lowest BCUT2D eigenvalue weighted by atomic mass is 9.77. The van der Waals surface area contributed by atoms with Gasteiger partial charge in [-0.2, -0.15) is 0 Å². The standard InChI is InChI=1S/C18H22N4O/c1-21-11-19-14-10-13(2-3-15(14)21)17(23)20-16-12-4-8-22(9-5-12)18(16)6-7-18/h2-3,10-12,16H,4-9H2,1H3,(H,20,23)/t16-/m0/s1. The summed E-state index contributed by atoms with van der Waals surface area (Å²) in [4.78, 5) is 19.8. The Morgan fingerprint density at radius 3 is 2.83 bits per heavy atom. The molecule has 1 spiro atoms. The molecule has 6 rings (SSSR count).